The van der Waals surface area contributed by atoms with E-state index in [1.807, 2.05) is 47.4 Å². The van der Waals surface area contributed by atoms with E-state index in [2.05, 4.69) is 4.90 Å². The predicted octanol–water partition coefficient (Wildman–Crippen LogP) is 2.99. The van der Waals surface area contributed by atoms with E-state index in [4.69, 9.17) is 14.2 Å². The summed E-state index contributed by atoms with van der Waals surface area (Å²) >= 11 is 0. The molecule has 0 atom stereocenters. The summed E-state index contributed by atoms with van der Waals surface area (Å²) in [5.41, 5.74) is 2.24. The highest BCUT2D eigenvalue weighted by atomic mass is 16.5. The third-order valence-corrected chi connectivity index (χ3v) is 5.15. The minimum atomic E-state index is 0.211. The Morgan fingerprint density at radius 2 is 1.54 bits per heavy atom. The van der Waals surface area contributed by atoms with Crippen molar-refractivity contribution in [2.45, 2.75) is 12.8 Å². The maximum atomic E-state index is 12.6. The molecule has 0 bridgehead atoms. The Labute approximate surface area is 166 Å². The molecule has 0 aliphatic carbocycles. The van der Waals surface area contributed by atoms with Gasteiger partial charge in [-0.05, 0) is 36.2 Å². The number of methoxy groups -OCH3 is 3. The average Bonchev–Trinajstić information content (AvgIpc) is 2.77. The standard InChI is InChI=1S/C22H28N2O4/c1-26-19-8-4-17(5-9-19)6-11-22(25)24-14-12-23(13-15-24)18-7-10-20(27-2)21(16-18)28-3/h4-5,7-10,16H,6,11-15H2,1-3H3. The molecular weight excluding hydrogens is 356 g/mol. The van der Waals surface area contributed by atoms with Crippen molar-refractivity contribution >= 4 is 11.6 Å². The van der Waals surface area contributed by atoms with Gasteiger partial charge in [-0.25, -0.2) is 0 Å². The Kier molecular flexibility index (Phi) is 6.63. The number of piperazine rings is 1. The van der Waals surface area contributed by atoms with Crippen LogP contribution in [0, 0.1) is 0 Å². The second-order valence-corrected chi connectivity index (χ2v) is 6.76. The number of carbonyl (C=O) groups excluding carboxylic acids is 1. The topological polar surface area (TPSA) is 51.2 Å². The molecule has 0 N–H and O–H groups in total. The summed E-state index contributed by atoms with van der Waals surface area (Å²) in [5, 5.41) is 0. The molecule has 1 fully saturated rings. The van der Waals surface area contributed by atoms with Crippen LogP contribution in [0.3, 0.4) is 0 Å². The first kappa shape index (κ1) is 19.9. The van der Waals surface area contributed by atoms with Gasteiger partial charge in [0.1, 0.15) is 5.75 Å². The molecule has 6 heteroatoms. The zero-order valence-electron chi connectivity index (χ0n) is 16.8. The lowest BCUT2D eigenvalue weighted by Crippen LogP contribution is -2.48. The highest BCUT2D eigenvalue weighted by molar-refractivity contribution is 5.77. The Morgan fingerprint density at radius 3 is 2.14 bits per heavy atom. The summed E-state index contributed by atoms with van der Waals surface area (Å²) in [5.74, 6) is 2.49. The third kappa shape index (κ3) is 4.68. The monoisotopic (exact) mass is 384 g/mol. The van der Waals surface area contributed by atoms with Crippen molar-refractivity contribution in [2.75, 3.05) is 52.4 Å². The summed E-state index contributed by atoms with van der Waals surface area (Å²) in [6.45, 7) is 3.08. The number of amides is 1. The van der Waals surface area contributed by atoms with E-state index < -0.39 is 0 Å². The zero-order valence-corrected chi connectivity index (χ0v) is 16.8. The van der Waals surface area contributed by atoms with E-state index in [0.717, 1.165) is 61.1 Å². The largest absolute Gasteiger partial charge is 0.497 e. The third-order valence-electron chi connectivity index (χ3n) is 5.15. The van der Waals surface area contributed by atoms with Crippen molar-refractivity contribution in [3.8, 4) is 17.2 Å². The lowest BCUT2D eigenvalue weighted by atomic mass is 10.1. The summed E-state index contributed by atoms with van der Waals surface area (Å²) in [6.07, 6.45) is 1.28. The van der Waals surface area contributed by atoms with E-state index in [1.54, 1.807) is 21.3 Å². The van der Waals surface area contributed by atoms with Crippen LogP contribution in [-0.2, 0) is 11.2 Å². The van der Waals surface area contributed by atoms with Crippen LogP contribution in [0.1, 0.15) is 12.0 Å². The maximum Gasteiger partial charge on any atom is 0.223 e. The first-order valence-electron chi connectivity index (χ1n) is 9.52. The highest BCUT2D eigenvalue weighted by Gasteiger charge is 2.21. The number of nitrogens with zero attached hydrogens (tertiary/aromatic N) is 2. The summed E-state index contributed by atoms with van der Waals surface area (Å²) in [6, 6.07) is 13.8. The highest BCUT2D eigenvalue weighted by Crippen LogP contribution is 2.31. The molecule has 2 aromatic rings. The molecule has 3 rings (SSSR count). The fourth-order valence-corrected chi connectivity index (χ4v) is 3.44. The van der Waals surface area contributed by atoms with Gasteiger partial charge >= 0.3 is 0 Å². The smallest absolute Gasteiger partial charge is 0.223 e. The van der Waals surface area contributed by atoms with Crippen molar-refractivity contribution in [1.82, 2.24) is 4.90 Å². The number of aryl methyl sites for hydroxylation is 1. The summed E-state index contributed by atoms with van der Waals surface area (Å²) < 4.78 is 15.9. The molecule has 1 aliphatic rings. The first-order valence-corrected chi connectivity index (χ1v) is 9.52. The fourth-order valence-electron chi connectivity index (χ4n) is 3.44. The molecule has 1 heterocycles. The van der Waals surface area contributed by atoms with Gasteiger partial charge in [-0.1, -0.05) is 12.1 Å². The number of anilines is 1. The lowest BCUT2D eigenvalue weighted by molar-refractivity contribution is -0.131. The van der Waals surface area contributed by atoms with Crippen molar-refractivity contribution in [1.29, 1.82) is 0 Å². The number of hydrogen-bond donors (Lipinski definition) is 0. The Hall–Kier alpha value is -2.89. The van der Waals surface area contributed by atoms with Gasteiger partial charge in [0, 0.05) is 44.4 Å². The Bertz CT molecular complexity index is 784. The second kappa shape index (κ2) is 9.35. The normalized spacial score (nSPS) is 14.0. The van der Waals surface area contributed by atoms with Crippen LogP contribution < -0.4 is 19.1 Å². The molecule has 0 aromatic heterocycles. The lowest BCUT2D eigenvalue weighted by Gasteiger charge is -2.36. The maximum absolute atomic E-state index is 12.6. The van der Waals surface area contributed by atoms with Gasteiger partial charge in [0.2, 0.25) is 5.91 Å². The number of benzene rings is 2. The van der Waals surface area contributed by atoms with Crippen molar-refractivity contribution in [2.24, 2.45) is 0 Å². The number of rotatable bonds is 7. The Balaban J connectivity index is 1.51. The first-order chi connectivity index (χ1) is 13.6. The van der Waals surface area contributed by atoms with Crippen LogP contribution in [0.25, 0.3) is 0 Å². The molecule has 0 unspecified atom stereocenters. The molecule has 28 heavy (non-hydrogen) atoms. The average molecular weight is 384 g/mol. The second-order valence-electron chi connectivity index (χ2n) is 6.76. The van der Waals surface area contributed by atoms with Crippen molar-refractivity contribution in [3.05, 3.63) is 48.0 Å². The molecule has 0 radical (unpaired) electrons. The zero-order chi connectivity index (χ0) is 19.9. The van der Waals surface area contributed by atoms with E-state index in [1.165, 1.54) is 0 Å². The molecule has 1 amide bonds. The quantitative estimate of drug-likeness (QED) is 0.735. The van der Waals surface area contributed by atoms with Gasteiger partial charge in [-0.15, -0.1) is 0 Å². The Morgan fingerprint density at radius 1 is 0.857 bits per heavy atom. The van der Waals surface area contributed by atoms with E-state index >= 15 is 0 Å². The van der Waals surface area contributed by atoms with E-state index in [9.17, 15) is 4.79 Å². The molecule has 1 saturated heterocycles. The summed E-state index contributed by atoms with van der Waals surface area (Å²) in [4.78, 5) is 16.8. The van der Waals surface area contributed by atoms with Crippen LogP contribution in [0.5, 0.6) is 17.2 Å². The van der Waals surface area contributed by atoms with Gasteiger partial charge in [-0.3, -0.25) is 4.79 Å². The van der Waals surface area contributed by atoms with Crippen LogP contribution in [-0.4, -0.2) is 58.3 Å². The SMILES string of the molecule is COc1ccc(CCC(=O)N2CCN(c3ccc(OC)c(OC)c3)CC2)cc1. The van der Waals surface area contributed by atoms with E-state index in [-0.39, 0.29) is 5.91 Å². The molecule has 0 saturated carbocycles. The molecule has 6 nitrogen and oxygen atoms in total. The minimum Gasteiger partial charge on any atom is -0.497 e. The van der Waals surface area contributed by atoms with Crippen LogP contribution in [0.4, 0.5) is 5.69 Å². The van der Waals surface area contributed by atoms with Gasteiger partial charge in [0.25, 0.3) is 0 Å². The van der Waals surface area contributed by atoms with Gasteiger partial charge in [0.15, 0.2) is 11.5 Å². The minimum absolute atomic E-state index is 0.211. The van der Waals surface area contributed by atoms with Crippen LogP contribution in [0.15, 0.2) is 42.5 Å². The number of ether oxygens (including phenoxy) is 3. The van der Waals surface area contributed by atoms with Gasteiger partial charge in [-0.2, -0.15) is 0 Å². The van der Waals surface area contributed by atoms with Gasteiger partial charge in [0.05, 0.1) is 21.3 Å². The fraction of sp³-hybridized carbons (Fsp3) is 0.409. The van der Waals surface area contributed by atoms with Gasteiger partial charge < -0.3 is 24.0 Å². The van der Waals surface area contributed by atoms with Crippen molar-refractivity contribution < 1.29 is 19.0 Å². The molecule has 2 aromatic carbocycles. The van der Waals surface area contributed by atoms with Crippen molar-refractivity contribution in [3.63, 3.8) is 0 Å². The molecule has 0 spiro atoms. The molecule has 150 valence electrons. The summed E-state index contributed by atoms with van der Waals surface area (Å²) in [7, 11) is 4.93. The van der Waals surface area contributed by atoms with E-state index in [0.29, 0.717) is 6.42 Å². The predicted molar refractivity (Wildman–Crippen MR) is 110 cm³/mol. The number of hydrogen-bond acceptors (Lipinski definition) is 5. The molecule has 1 aliphatic heterocycles. The van der Waals surface area contributed by atoms with Crippen LogP contribution in [0.2, 0.25) is 0 Å². The van der Waals surface area contributed by atoms with Crippen LogP contribution >= 0.6 is 0 Å². The number of carbonyl (C=O) groups is 1. The molecular formula is C22H28N2O4.